The average molecular weight is 581 g/mol. The summed E-state index contributed by atoms with van der Waals surface area (Å²) >= 11 is 0. The molecule has 2 aromatic carbocycles. The van der Waals surface area contributed by atoms with Crippen molar-refractivity contribution in [3.8, 4) is 0 Å². The first-order chi connectivity index (χ1) is 18.2. The number of benzene rings is 2. The third kappa shape index (κ3) is 14.8. The smallest absolute Gasteiger partial charge is 0.481 e. The van der Waals surface area contributed by atoms with Crippen molar-refractivity contribution in [1.29, 1.82) is 10.8 Å². The molecular weight excluding hydrogens is 556 g/mol. The summed E-state index contributed by atoms with van der Waals surface area (Å²) in [5, 5.41) is 41.0. The van der Waals surface area contributed by atoms with Gasteiger partial charge in [-0.15, -0.1) is 0 Å². The monoisotopic (exact) mass is 581 g/mol. The number of guanidine groups is 1. The zero-order valence-electron chi connectivity index (χ0n) is 20.3. The van der Waals surface area contributed by atoms with Gasteiger partial charge in [-0.25, -0.2) is 9.59 Å². The van der Waals surface area contributed by atoms with Gasteiger partial charge in [0.05, 0.1) is 6.42 Å². The van der Waals surface area contributed by atoms with Crippen molar-refractivity contribution in [3.63, 3.8) is 0 Å². The normalized spacial score (nSPS) is 11.4. The summed E-state index contributed by atoms with van der Waals surface area (Å²) in [4.78, 5) is 29.0. The van der Waals surface area contributed by atoms with E-state index in [2.05, 4.69) is 5.32 Å². The highest BCUT2D eigenvalue weighted by atomic mass is 19.4. The molecule has 0 aliphatic heterocycles. The summed E-state index contributed by atoms with van der Waals surface area (Å²) < 4.78 is 63.5. The number of aliphatic carboxylic acids is 3. The van der Waals surface area contributed by atoms with E-state index >= 15 is 0 Å². The molecule has 17 heteroatoms. The van der Waals surface area contributed by atoms with Gasteiger partial charge in [-0.05, 0) is 48.1 Å². The van der Waals surface area contributed by atoms with Crippen LogP contribution >= 0.6 is 0 Å². The topological polar surface area (TPSA) is 224 Å². The van der Waals surface area contributed by atoms with E-state index in [1.165, 1.54) is 0 Å². The molecule has 0 saturated carbocycles. The molecule has 11 nitrogen and oxygen atoms in total. The predicted octanol–water partition coefficient (Wildman–Crippen LogP) is 3.73. The number of amidine groups is 1. The molecule has 220 valence electrons. The number of nitrogens with one attached hydrogen (secondary N) is 3. The molecule has 2 rings (SSSR count). The van der Waals surface area contributed by atoms with E-state index in [0.717, 1.165) is 16.8 Å². The Hall–Kier alpha value is -4.83. The molecule has 0 aliphatic rings. The predicted molar refractivity (Wildman–Crippen MR) is 130 cm³/mol. The minimum atomic E-state index is -5.08. The van der Waals surface area contributed by atoms with Crippen LogP contribution in [0.25, 0.3) is 0 Å². The van der Waals surface area contributed by atoms with E-state index in [1.807, 2.05) is 30.3 Å². The molecule has 1 atom stereocenters. The summed E-state index contributed by atoms with van der Waals surface area (Å²) in [6, 6.07) is 14.7. The fraction of sp³-hybridized carbons (Fsp3) is 0.261. The van der Waals surface area contributed by atoms with Gasteiger partial charge in [0.1, 0.15) is 5.84 Å². The van der Waals surface area contributed by atoms with Crippen molar-refractivity contribution in [2.24, 2.45) is 11.5 Å². The Bertz CT molecular complexity index is 1160. The van der Waals surface area contributed by atoms with Crippen LogP contribution in [0.2, 0.25) is 0 Å². The zero-order chi connectivity index (χ0) is 31.3. The first-order valence-electron chi connectivity index (χ1n) is 10.7. The molecule has 0 radical (unpaired) electrons. The molecule has 0 aliphatic carbocycles. The number of hydrogen-bond donors (Lipinski definition) is 8. The number of carboxylic acids is 3. The molecule has 0 heterocycles. The Morgan fingerprint density at radius 3 is 1.70 bits per heavy atom. The number of halogens is 6. The SMILES string of the molecule is N=C(N)Nc1ccc(CCC(CC(=O)O)c2cccc(C(=N)N)c2)cc1.O=C(O)C(F)(F)F.O=C(O)C(F)(F)F. The Labute approximate surface area is 222 Å². The van der Waals surface area contributed by atoms with Gasteiger partial charge >= 0.3 is 30.3 Å². The Balaban J connectivity index is 0.000000894. The van der Waals surface area contributed by atoms with Crippen molar-refractivity contribution in [1.82, 2.24) is 0 Å². The average Bonchev–Trinajstić information content (AvgIpc) is 2.81. The number of anilines is 1. The maximum Gasteiger partial charge on any atom is 0.490 e. The van der Waals surface area contributed by atoms with Crippen LogP contribution < -0.4 is 16.8 Å². The number of nitrogens with two attached hydrogens (primary N) is 2. The second-order valence-electron chi connectivity index (χ2n) is 7.71. The van der Waals surface area contributed by atoms with Gasteiger partial charge in [0, 0.05) is 11.3 Å². The van der Waals surface area contributed by atoms with Crippen LogP contribution in [-0.4, -0.2) is 57.4 Å². The highest BCUT2D eigenvalue weighted by Crippen LogP contribution is 2.26. The quantitative estimate of drug-likeness (QED) is 0.129. The van der Waals surface area contributed by atoms with Gasteiger partial charge in [-0.2, -0.15) is 26.3 Å². The van der Waals surface area contributed by atoms with Crippen molar-refractivity contribution in [3.05, 3.63) is 65.2 Å². The van der Waals surface area contributed by atoms with Crippen LogP contribution in [0, 0.1) is 10.8 Å². The minimum absolute atomic E-state index is 0.0192. The van der Waals surface area contributed by atoms with E-state index in [9.17, 15) is 36.2 Å². The first kappa shape index (κ1) is 35.2. The summed E-state index contributed by atoms with van der Waals surface area (Å²) in [5.41, 5.74) is 14.1. The highest BCUT2D eigenvalue weighted by Gasteiger charge is 2.38. The molecule has 0 amide bonds. The lowest BCUT2D eigenvalue weighted by Gasteiger charge is -2.16. The fourth-order valence-electron chi connectivity index (χ4n) is 2.81. The zero-order valence-corrected chi connectivity index (χ0v) is 20.3. The minimum Gasteiger partial charge on any atom is -0.481 e. The maximum absolute atomic E-state index is 11.3. The van der Waals surface area contributed by atoms with Crippen LogP contribution in [0.5, 0.6) is 0 Å². The van der Waals surface area contributed by atoms with Gasteiger partial charge in [-0.1, -0.05) is 30.3 Å². The largest absolute Gasteiger partial charge is 0.490 e. The summed E-state index contributed by atoms with van der Waals surface area (Å²) in [6.45, 7) is 0. The maximum atomic E-state index is 11.3. The Kier molecular flexibility index (Phi) is 13.7. The van der Waals surface area contributed by atoms with Crippen LogP contribution in [0.1, 0.15) is 35.4 Å². The Morgan fingerprint density at radius 1 is 0.850 bits per heavy atom. The number of rotatable bonds is 8. The lowest BCUT2D eigenvalue weighted by atomic mass is 9.88. The third-order valence-electron chi connectivity index (χ3n) is 4.59. The molecule has 0 spiro atoms. The standard InChI is InChI=1S/C19H23N5O2.2C2HF3O2/c20-18(21)15-3-1-2-13(10-15)14(11-17(25)26)7-4-12-5-8-16(9-6-12)24-19(22)23;2*3-2(4,5)1(6)7/h1-3,5-6,8-10,14H,4,7,11H2,(H3,20,21)(H,25,26)(H4,22,23,24);2*(H,6,7). The second kappa shape index (κ2) is 15.6. The number of carbonyl (C=O) groups is 3. The van der Waals surface area contributed by atoms with E-state index < -0.39 is 30.3 Å². The van der Waals surface area contributed by atoms with E-state index in [-0.39, 0.29) is 24.1 Å². The van der Waals surface area contributed by atoms with Gasteiger partial charge < -0.3 is 32.1 Å². The van der Waals surface area contributed by atoms with Crippen LogP contribution in [0.3, 0.4) is 0 Å². The number of carboxylic acid groups (broad SMARTS) is 3. The van der Waals surface area contributed by atoms with Crippen LogP contribution in [-0.2, 0) is 20.8 Å². The van der Waals surface area contributed by atoms with Crippen molar-refractivity contribution in [2.75, 3.05) is 5.32 Å². The van der Waals surface area contributed by atoms with E-state index in [0.29, 0.717) is 18.4 Å². The molecule has 0 bridgehead atoms. The number of alkyl halides is 6. The van der Waals surface area contributed by atoms with Crippen molar-refractivity contribution in [2.45, 2.75) is 37.5 Å². The van der Waals surface area contributed by atoms with Gasteiger partial charge in [0.2, 0.25) is 0 Å². The number of hydrogen-bond acceptors (Lipinski definition) is 5. The third-order valence-corrected chi connectivity index (χ3v) is 4.59. The number of aryl methyl sites for hydroxylation is 1. The second-order valence-corrected chi connectivity index (χ2v) is 7.71. The molecule has 0 saturated heterocycles. The highest BCUT2D eigenvalue weighted by molar-refractivity contribution is 5.95. The lowest BCUT2D eigenvalue weighted by molar-refractivity contribution is -0.193. The van der Waals surface area contributed by atoms with E-state index in [4.69, 9.17) is 42.1 Å². The van der Waals surface area contributed by atoms with Crippen LogP contribution in [0.4, 0.5) is 32.0 Å². The fourth-order valence-corrected chi connectivity index (χ4v) is 2.81. The molecule has 2 aromatic rings. The molecular formula is C23H25F6N5O6. The van der Waals surface area contributed by atoms with E-state index in [1.54, 1.807) is 18.2 Å². The summed E-state index contributed by atoms with van der Waals surface area (Å²) in [7, 11) is 0. The lowest BCUT2D eigenvalue weighted by Crippen LogP contribution is -2.21. The molecule has 40 heavy (non-hydrogen) atoms. The number of nitrogen functional groups attached to an aromatic ring is 1. The summed E-state index contributed by atoms with van der Waals surface area (Å²) in [5.74, 6) is -6.69. The molecule has 10 N–H and O–H groups in total. The summed E-state index contributed by atoms with van der Waals surface area (Å²) in [6.07, 6.45) is -8.78. The van der Waals surface area contributed by atoms with Gasteiger partial charge in [0.15, 0.2) is 5.96 Å². The molecule has 0 aromatic heterocycles. The molecule has 0 fully saturated rings. The first-order valence-corrected chi connectivity index (χ1v) is 10.7. The van der Waals surface area contributed by atoms with Crippen molar-refractivity contribution < 1.29 is 56.0 Å². The van der Waals surface area contributed by atoms with Crippen molar-refractivity contribution >= 4 is 35.4 Å². The van der Waals surface area contributed by atoms with Gasteiger partial charge in [-0.3, -0.25) is 15.6 Å². The molecule has 1 unspecified atom stereocenters. The van der Waals surface area contributed by atoms with Crippen LogP contribution in [0.15, 0.2) is 48.5 Å². The van der Waals surface area contributed by atoms with Gasteiger partial charge in [0.25, 0.3) is 0 Å². The Morgan fingerprint density at radius 2 is 1.32 bits per heavy atom.